The number of carbonyl (C=O) groups excluding carboxylic acids is 1. The largest absolute Gasteiger partial charge is 0.465 e. The molecule has 0 spiro atoms. The van der Waals surface area contributed by atoms with Crippen LogP contribution in [-0.4, -0.2) is 24.5 Å². The second-order valence-corrected chi connectivity index (χ2v) is 5.67. The van der Waals surface area contributed by atoms with E-state index in [2.05, 4.69) is 17.9 Å². The Labute approximate surface area is 112 Å². The number of ether oxygens (including phenoxy) is 1. The van der Waals surface area contributed by atoms with E-state index in [0.29, 0.717) is 6.61 Å². The standard InChI is InChI=1S/C14H19NO2S/c1-5-17-13(16)11-9-10(2)15(4)14(11,3)12-7-6-8-18-12/h6-9,11H,5H2,1-4H3/t11-,14-/m0/s1. The van der Waals surface area contributed by atoms with Crippen molar-refractivity contribution in [1.29, 1.82) is 0 Å². The highest BCUT2D eigenvalue weighted by Gasteiger charge is 2.48. The Morgan fingerprint density at radius 2 is 2.33 bits per heavy atom. The van der Waals surface area contributed by atoms with E-state index in [4.69, 9.17) is 4.74 Å². The van der Waals surface area contributed by atoms with Crippen LogP contribution in [-0.2, 0) is 15.1 Å². The Morgan fingerprint density at radius 1 is 1.61 bits per heavy atom. The molecule has 2 atom stereocenters. The smallest absolute Gasteiger partial charge is 0.315 e. The van der Waals surface area contributed by atoms with Gasteiger partial charge in [0.15, 0.2) is 0 Å². The molecule has 0 saturated heterocycles. The first-order chi connectivity index (χ1) is 8.51. The molecule has 2 rings (SSSR count). The van der Waals surface area contributed by atoms with Crippen LogP contribution in [0.25, 0.3) is 0 Å². The monoisotopic (exact) mass is 265 g/mol. The van der Waals surface area contributed by atoms with Crippen molar-refractivity contribution in [2.24, 2.45) is 5.92 Å². The zero-order chi connectivity index (χ0) is 13.3. The number of esters is 1. The maximum Gasteiger partial charge on any atom is 0.315 e. The Kier molecular flexibility index (Phi) is 3.48. The lowest BCUT2D eigenvalue weighted by Crippen LogP contribution is -2.43. The zero-order valence-electron chi connectivity index (χ0n) is 11.3. The van der Waals surface area contributed by atoms with E-state index in [1.807, 2.05) is 38.4 Å². The highest BCUT2D eigenvalue weighted by molar-refractivity contribution is 7.10. The Hall–Kier alpha value is -1.29. The predicted octanol–water partition coefficient (Wildman–Crippen LogP) is 2.99. The van der Waals surface area contributed by atoms with Gasteiger partial charge in [0, 0.05) is 17.6 Å². The van der Waals surface area contributed by atoms with Crippen molar-refractivity contribution in [3.8, 4) is 0 Å². The van der Waals surface area contributed by atoms with E-state index in [-0.39, 0.29) is 17.4 Å². The number of hydrogen-bond donors (Lipinski definition) is 0. The lowest BCUT2D eigenvalue weighted by Gasteiger charge is -2.38. The molecular weight excluding hydrogens is 246 g/mol. The number of rotatable bonds is 3. The van der Waals surface area contributed by atoms with Crippen molar-refractivity contribution in [3.63, 3.8) is 0 Å². The molecule has 0 amide bonds. The van der Waals surface area contributed by atoms with Crippen LogP contribution in [0.5, 0.6) is 0 Å². The Morgan fingerprint density at radius 3 is 2.89 bits per heavy atom. The molecule has 0 aromatic carbocycles. The van der Waals surface area contributed by atoms with Crippen molar-refractivity contribution in [2.45, 2.75) is 26.3 Å². The van der Waals surface area contributed by atoms with E-state index < -0.39 is 0 Å². The van der Waals surface area contributed by atoms with Gasteiger partial charge in [-0.2, -0.15) is 0 Å². The van der Waals surface area contributed by atoms with Crippen molar-refractivity contribution < 1.29 is 9.53 Å². The second-order valence-electron chi connectivity index (χ2n) is 4.72. The number of thiophene rings is 1. The molecule has 1 aromatic rings. The molecule has 3 nitrogen and oxygen atoms in total. The summed E-state index contributed by atoms with van der Waals surface area (Å²) in [5.74, 6) is -0.377. The van der Waals surface area contributed by atoms with E-state index in [9.17, 15) is 4.79 Å². The summed E-state index contributed by atoms with van der Waals surface area (Å²) in [5, 5.41) is 2.05. The Bertz CT molecular complexity index is 466. The molecule has 0 radical (unpaired) electrons. The number of nitrogens with zero attached hydrogens (tertiary/aromatic N) is 1. The van der Waals surface area contributed by atoms with E-state index in [0.717, 1.165) is 5.70 Å². The van der Waals surface area contributed by atoms with Gasteiger partial charge in [0.25, 0.3) is 0 Å². The molecule has 18 heavy (non-hydrogen) atoms. The predicted molar refractivity (Wildman–Crippen MR) is 73.3 cm³/mol. The first-order valence-electron chi connectivity index (χ1n) is 6.14. The molecule has 0 fully saturated rings. The molecule has 4 heteroatoms. The molecule has 1 aromatic heterocycles. The van der Waals surface area contributed by atoms with E-state index in [1.54, 1.807) is 11.3 Å². The van der Waals surface area contributed by atoms with Crippen LogP contribution < -0.4 is 0 Å². The van der Waals surface area contributed by atoms with Crippen LogP contribution in [0.3, 0.4) is 0 Å². The van der Waals surface area contributed by atoms with Gasteiger partial charge < -0.3 is 9.64 Å². The van der Waals surface area contributed by atoms with Crippen LogP contribution in [0.1, 0.15) is 25.6 Å². The number of hydrogen-bond acceptors (Lipinski definition) is 4. The summed E-state index contributed by atoms with van der Waals surface area (Å²) in [6, 6.07) is 4.11. The first kappa shape index (κ1) is 13.1. The van der Waals surface area contributed by atoms with Crippen molar-refractivity contribution in [2.75, 3.05) is 13.7 Å². The molecule has 1 aliphatic rings. The maximum absolute atomic E-state index is 12.2. The minimum absolute atomic E-state index is 0.142. The molecular formula is C14H19NO2S. The molecule has 0 unspecified atom stereocenters. The van der Waals surface area contributed by atoms with Gasteiger partial charge in [-0.1, -0.05) is 6.07 Å². The minimum Gasteiger partial charge on any atom is -0.465 e. The first-order valence-corrected chi connectivity index (χ1v) is 7.02. The minimum atomic E-state index is -0.329. The molecule has 0 saturated carbocycles. The maximum atomic E-state index is 12.2. The van der Waals surface area contributed by atoms with E-state index >= 15 is 0 Å². The summed E-state index contributed by atoms with van der Waals surface area (Å²) in [7, 11) is 2.03. The van der Waals surface area contributed by atoms with E-state index in [1.165, 1.54) is 4.88 Å². The highest BCUT2D eigenvalue weighted by Crippen LogP contribution is 2.45. The summed E-state index contributed by atoms with van der Waals surface area (Å²) in [6.07, 6.45) is 2.01. The zero-order valence-corrected chi connectivity index (χ0v) is 12.1. The third kappa shape index (κ3) is 1.85. The van der Waals surface area contributed by atoms with Crippen LogP contribution in [0.4, 0.5) is 0 Å². The summed E-state index contributed by atoms with van der Waals surface area (Å²) in [4.78, 5) is 15.5. The normalized spacial score (nSPS) is 27.2. The van der Waals surface area contributed by atoms with Crippen molar-refractivity contribution in [1.82, 2.24) is 4.90 Å². The van der Waals surface area contributed by atoms with Gasteiger partial charge in [0.1, 0.15) is 5.92 Å². The fourth-order valence-corrected chi connectivity index (χ4v) is 3.47. The van der Waals surface area contributed by atoms with Gasteiger partial charge in [-0.05, 0) is 38.3 Å². The average molecular weight is 265 g/mol. The summed E-state index contributed by atoms with van der Waals surface area (Å²) < 4.78 is 5.21. The lowest BCUT2D eigenvalue weighted by molar-refractivity contribution is -0.149. The van der Waals surface area contributed by atoms with Gasteiger partial charge in [0.2, 0.25) is 0 Å². The fourth-order valence-electron chi connectivity index (χ4n) is 2.50. The molecule has 0 aliphatic carbocycles. The van der Waals surface area contributed by atoms with Crippen LogP contribution >= 0.6 is 11.3 Å². The van der Waals surface area contributed by atoms with Crippen molar-refractivity contribution in [3.05, 3.63) is 34.2 Å². The number of allylic oxidation sites excluding steroid dienone is 1. The fraction of sp³-hybridized carbons (Fsp3) is 0.500. The van der Waals surface area contributed by atoms with Gasteiger partial charge in [-0.25, -0.2) is 0 Å². The molecule has 1 aliphatic heterocycles. The highest BCUT2D eigenvalue weighted by atomic mass is 32.1. The van der Waals surface area contributed by atoms with Gasteiger partial charge in [-0.3, -0.25) is 4.79 Å². The average Bonchev–Trinajstić information content (AvgIpc) is 2.94. The quantitative estimate of drug-likeness (QED) is 0.787. The molecule has 0 bridgehead atoms. The molecule has 98 valence electrons. The van der Waals surface area contributed by atoms with Crippen LogP contribution in [0.15, 0.2) is 29.3 Å². The van der Waals surface area contributed by atoms with Crippen LogP contribution in [0, 0.1) is 5.92 Å². The van der Waals surface area contributed by atoms with Gasteiger partial charge in [-0.15, -0.1) is 11.3 Å². The summed E-state index contributed by atoms with van der Waals surface area (Å²) >= 11 is 1.68. The third-order valence-corrected chi connectivity index (χ3v) is 4.90. The number of carbonyl (C=O) groups is 1. The molecule has 0 N–H and O–H groups in total. The van der Waals surface area contributed by atoms with Crippen molar-refractivity contribution >= 4 is 17.3 Å². The molecule has 2 heterocycles. The lowest BCUT2D eigenvalue weighted by atomic mass is 9.85. The Balaban J connectivity index is 2.40. The topological polar surface area (TPSA) is 29.5 Å². The van der Waals surface area contributed by atoms with Crippen LogP contribution in [0.2, 0.25) is 0 Å². The SMILES string of the molecule is CCOC(=O)[C@@H]1C=C(C)N(C)[C@]1(C)c1cccs1. The third-order valence-electron chi connectivity index (χ3n) is 3.80. The second kappa shape index (κ2) is 4.76. The van der Waals surface area contributed by atoms with Gasteiger partial charge in [0.05, 0.1) is 12.1 Å². The summed E-state index contributed by atoms with van der Waals surface area (Å²) in [5.41, 5.74) is 0.786. The summed E-state index contributed by atoms with van der Waals surface area (Å²) in [6.45, 7) is 6.40. The van der Waals surface area contributed by atoms with Gasteiger partial charge >= 0.3 is 5.97 Å².